The summed E-state index contributed by atoms with van der Waals surface area (Å²) in [5.41, 5.74) is 0.601. The highest BCUT2D eigenvalue weighted by molar-refractivity contribution is 9.10. The number of carbonyl (C=O) groups is 3. The molecule has 5 nitrogen and oxygen atoms in total. The fourth-order valence-electron chi connectivity index (χ4n) is 1.88. The Kier molecular flexibility index (Phi) is 7.80. The van der Waals surface area contributed by atoms with Crippen LogP contribution in [0.4, 0.5) is 0 Å². The van der Waals surface area contributed by atoms with Gasteiger partial charge in [0.2, 0.25) is 5.91 Å². The van der Waals surface area contributed by atoms with Crippen LogP contribution in [0.2, 0.25) is 0 Å². The molecule has 1 aromatic carbocycles. The molecule has 0 unspecified atom stereocenters. The highest BCUT2D eigenvalue weighted by Gasteiger charge is 2.13. The number of ketones is 1. The van der Waals surface area contributed by atoms with Crippen LogP contribution in [0.15, 0.2) is 28.7 Å². The Labute approximate surface area is 138 Å². The molecule has 0 aliphatic heterocycles. The summed E-state index contributed by atoms with van der Waals surface area (Å²) >= 11 is 3.31. The lowest BCUT2D eigenvalue weighted by atomic mass is 10.1. The first-order chi connectivity index (χ1) is 10.4. The van der Waals surface area contributed by atoms with Crippen LogP contribution in [0.3, 0.4) is 0 Å². The minimum absolute atomic E-state index is 0.0520. The molecule has 120 valence electrons. The zero-order valence-electron chi connectivity index (χ0n) is 12.8. The minimum atomic E-state index is -0.286. The normalized spacial score (nSPS) is 10.1. The number of nitrogens with zero attached hydrogens (tertiary/aromatic N) is 1. The molecule has 0 radical (unpaired) electrons. The lowest BCUT2D eigenvalue weighted by Crippen LogP contribution is -2.28. The Balaban J connectivity index is 2.33. The maximum Gasteiger partial charge on any atom is 0.305 e. The molecule has 22 heavy (non-hydrogen) atoms. The predicted molar refractivity (Wildman–Crippen MR) is 86.6 cm³/mol. The third kappa shape index (κ3) is 6.39. The third-order valence-corrected chi connectivity index (χ3v) is 3.79. The number of ether oxygens (including phenoxy) is 1. The molecule has 0 N–H and O–H groups in total. The van der Waals surface area contributed by atoms with E-state index in [9.17, 15) is 14.4 Å². The molecule has 1 aromatic rings. The van der Waals surface area contributed by atoms with Gasteiger partial charge in [0.1, 0.15) is 0 Å². The fourth-order valence-corrected chi connectivity index (χ4v) is 2.14. The number of methoxy groups -OCH3 is 1. The number of esters is 1. The summed E-state index contributed by atoms with van der Waals surface area (Å²) in [5.74, 6) is -0.439. The summed E-state index contributed by atoms with van der Waals surface area (Å²) in [4.78, 5) is 36.4. The first-order valence-corrected chi connectivity index (χ1v) is 7.83. The number of benzene rings is 1. The number of amides is 1. The van der Waals surface area contributed by atoms with Gasteiger partial charge in [-0.3, -0.25) is 14.4 Å². The first kappa shape index (κ1) is 18.4. The van der Waals surface area contributed by atoms with Crippen LogP contribution < -0.4 is 0 Å². The molecular formula is C16H20BrNO4. The molecule has 0 aliphatic rings. The van der Waals surface area contributed by atoms with Crippen LogP contribution in [0.1, 0.15) is 36.0 Å². The van der Waals surface area contributed by atoms with Crippen LogP contribution in [-0.2, 0) is 14.3 Å². The third-order valence-electron chi connectivity index (χ3n) is 3.26. The summed E-state index contributed by atoms with van der Waals surface area (Å²) in [6.45, 7) is 0.473. The molecule has 0 saturated heterocycles. The van der Waals surface area contributed by atoms with E-state index in [4.69, 9.17) is 0 Å². The van der Waals surface area contributed by atoms with Gasteiger partial charge in [-0.05, 0) is 18.6 Å². The van der Waals surface area contributed by atoms with Crippen LogP contribution in [0, 0.1) is 0 Å². The van der Waals surface area contributed by atoms with E-state index in [0.717, 1.165) is 4.47 Å². The zero-order valence-corrected chi connectivity index (χ0v) is 14.4. The Hall–Kier alpha value is -1.69. The molecule has 0 atom stereocenters. The molecule has 0 aromatic heterocycles. The van der Waals surface area contributed by atoms with Gasteiger partial charge in [-0.1, -0.05) is 28.1 Å². The van der Waals surface area contributed by atoms with Gasteiger partial charge in [0.15, 0.2) is 5.78 Å². The van der Waals surface area contributed by atoms with E-state index in [1.165, 1.54) is 12.0 Å². The topological polar surface area (TPSA) is 63.7 Å². The van der Waals surface area contributed by atoms with Gasteiger partial charge >= 0.3 is 5.97 Å². The molecule has 6 heteroatoms. The number of rotatable bonds is 8. The zero-order chi connectivity index (χ0) is 16.5. The summed E-state index contributed by atoms with van der Waals surface area (Å²) in [6, 6.07) is 7.07. The quantitative estimate of drug-likeness (QED) is 0.522. The lowest BCUT2D eigenvalue weighted by Gasteiger charge is -2.16. The highest BCUT2D eigenvalue weighted by Crippen LogP contribution is 2.13. The monoisotopic (exact) mass is 369 g/mol. The summed E-state index contributed by atoms with van der Waals surface area (Å²) < 4.78 is 5.45. The average Bonchev–Trinajstić information content (AvgIpc) is 2.52. The molecule has 0 aliphatic carbocycles. The Bertz CT molecular complexity index is 527. The van der Waals surface area contributed by atoms with E-state index in [2.05, 4.69) is 20.7 Å². The summed E-state index contributed by atoms with van der Waals surface area (Å²) in [5, 5.41) is 0. The second-order valence-corrected chi connectivity index (χ2v) is 5.84. The van der Waals surface area contributed by atoms with Crippen molar-refractivity contribution in [3.8, 4) is 0 Å². The Morgan fingerprint density at radius 3 is 2.32 bits per heavy atom. The minimum Gasteiger partial charge on any atom is -0.469 e. The van der Waals surface area contributed by atoms with Gasteiger partial charge in [0.05, 0.1) is 7.11 Å². The number of hydrogen-bond acceptors (Lipinski definition) is 4. The van der Waals surface area contributed by atoms with Crippen molar-refractivity contribution in [2.75, 3.05) is 20.7 Å². The number of hydrogen-bond donors (Lipinski definition) is 0. The molecule has 0 heterocycles. The van der Waals surface area contributed by atoms with Crippen molar-refractivity contribution in [1.82, 2.24) is 4.90 Å². The van der Waals surface area contributed by atoms with Crippen molar-refractivity contribution >= 4 is 33.6 Å². The molecule has 1 amide bonds. The number of halogens is 1. The highest BCUT2D eigenvalue weighted by atomic mass is 79.9. The van der Waals surface area contributed by atoms with E-state index in [0.29, 0.717) is 18.5 Å². The van der Waals surface area contributed by atoms with Gasteiger partial charge in [-0.15, -0.1) is 0 Å². The molecular weight excluding hydrogens is 350 g/mol. The van der Waals surface area contributed by atoms with Crippen LogP contribution >= 0.6 is 15.9 Å². The second-order valence-electron chi connectivity index (χ2n) is 4.93. The predicted octanol–water partition coefficient (Wildman–Crippen LogP) is 2.82. The van der Waals surface area contributed by atoms with E-state index in [1.807, 2.05) is 0 Å². The van der Waals surface area contributed by atoms with Crippen molar-refractivity contribution in [1.29, 1.82) is 0 Å². The lowest BCUT2D eigenvalue weighted by molar-refractivity contribution is -0.141. The van der Waals surface area contributed by atoms with Gasteiger partial charge in [0, 0.05) is 42.9 Å². The smallest absolute Gasteiger partial charge is 0.305 e. The molecule has 0 spiro atoms. The van der Waals surface area contributed by atoms with Gasteiger partial charge < -0.3 is 9.64 Å². The SMILES string of the molecule is COC(=O)CCCN(C)C(=O)CCC(=O)c1ccc(Br)cc1. The largest absolute Gasteiger partial charge is 0.469 e. The second kappa shape index (κ2) is 9.35. The van der Waals surface area contributed by atoms with Crippen molar-refractivity contribution in [2.45, 2.75) is 25.7 Å². The molecule has 1 rings (SSSR count). The van der Waals surface area contributed by atoms with Crippen molar-refractivity contribution < 1.29 is 19.1 Å². The van der Waals surface area contributed by atoms with Crippen molar-refractivity contribution in [2.24, 2.45) is 0 Å². The first-order valence-electron chi connectivity index (χ1n) is 7.03. The van der Waals surface area contributed by atoms with Gasteiger partial charge in [0.25, 0.3) is 0 Å². The summed E-state index contributed by atoms with van der Waals surface area (Å²) in [7, 11) is 3.01. The molecule has 0 saturated carbocycles. The molecule has 0 fully saturated rings. The van der Waals surface area contributed by atoms with E-state index >= 15 is 0 Å². The van der Waals surface area contributed by atoms with Crippen LogP contribution in [0.25, 0.3) is 0 Å². The van der Waals surface area contributed by atoms with Crippen molar-refractivity contribution in [3.63, 3.8) is 0 Å². The number of carbonyl (C=O) groups excluding carboxylic acids is 3. The number of Topliss-reactive ketones (excluding diaryl/α,β-unsaturated/α-hetero) is 1. The standard InChI is InChI=1S/C16H20BrNO4/c1-18(11-3-4-16(21)22-2)15(20)10-9-14(19)12-5-7-13(17)8-6-12/h5-8H,3-4,9-11H2,1-2H3. The maximum absolute atomic E-state index is 12.0. The van der Waals surface area contributed by atoms with Gasteiger partial charge in [-0.2, -0.15) is 0 Å². The molecule has 0 bridgehead atoms. The van der Waals surface area contributed by atoms with Crippen LogP contribution in [0.5, 0.6) is 0 Å². The fraction of sp³-hybridized carbons (Fsp3) is 0.438. The maximum atomic E-state index is 12.0. The van der Waals surface area contributed by atoms with E-state index < -0.39 is 0 Å². The summed E-state index contributed by atoms with van der Waals surface area (Å²) in [6.07, 6.45) is 1.19. The van der Waals surface area contributed by atoms with Gasteiger partial charge in [-0.25, -0.2) is 0 Å². The van der Waals surface area contributed by atoms with E-state index in [1.54, 1.807) is 31.3 Å². The Morgan fingerprint density at radius 1 is 1.09 bits per heavy atom. The Morgan fingerprint density at radius 2 is 1.73 bits per heavy atom. The van der Waals surface area contributed by atoms with Crippen LogP contribution in [-0.4, -0.2) is 43.3 Å². The van der Waals surface area contributed by atoms with E-state index in [-0.39, 0.29) is 36.9 Å². The average molecular weight is 370 g/mol. The van der Waals surface area contributed by atoms with Crippen molar-refractivity contribution in [3.05, 3.63) is 34.3 Å².